The Morgan fingerprint density at radius 1 is 1.38 bits per heavy atom. The van der Waals surface area contributed by atoms with E-state index < -0.39 is 0 Å². The van der Waals surface area contributed by atoms with Crippen molar-refractivity contribution in [3.63, 3.8) is 0 Å². The number of amides is 1. The third-order valence-corrected chi connectivity index (χ3v) is 3.84. The van der Waals surface area contributed by atoms with Crippen LogP contribution in [-0.2, 0) is 11.2 Å². The maximum Gasteiger partial charge on any atom is 0.246 e. The van der Waals surface area contributed by atoms with E-state index in [1.54, 1.807) is 17.6 Å². The van der Waals surface area contributed by atoms with Crippen LogP contribution in [0.1, 0.15) is 41.6 Å². The fourth-order valence-electron chi connectivity index (χ4n) is 1.84. The minimum atomic E-state index is -0.157. The van der Waals surface area contributed by atoms with E-state index in [9.17, 15) is 4.79 Å². The third kappa shape index (κ3) is 4.79. The maximum atomic E-state index is 11.7. The second-order valence-corrected chi connectivity index (χ2v) is 6.21. The van der Waals surface area contributed by atoms with Crippen LogP contribution in [0.15, 0.2) is 34.7 Å². The van der Waals surface area contributed by atoms with Crippen molar-refractivity contribution in [2.75, 3.05) is 0 Å². The first kappa shape index (κ1) is 15.4. The molecule has 0 saturated heterocycles. The average Bonchev–Trinajstić information content (AvgIpc) is 2.84. The predicted octanol–water partition coefficient (Wildman–Crippen LogP) is 3.27. The summed E-state index contributed by atoms with van der Waals surface area (Å²) in [5.41, 5.74) is 5.55. The van der Waals surface area contributed by atoms with E-state index in [-0.39, 0.29) is 12.3 Å². The van der Waals surface area contributed by atoms with Crippen LogP contribution in [0.5, 0.6) is 0 Å². The molecule has 1 aromatic heterocycles. The highest BCUT2D eigenvalue weighted by Gasteiger charge is 2.05. The van der Waals surface area contributed by atoms with Gasteiger partial charge in [0.2, 0.25) is 5.91 Å². The topological polar surface area (TPSA) is 54.4 Å². The Balaban J connectivity index is 1.85. The normalized spacial score (nSPS) is 11.2. The van der Waals surface area contributed by atoms with Gasteiger partial charge in [-0.2, -0.15) is 5.10 Å². The molecular formula is C16H19N3OS. The SMILES string of the molecule is Cc1nc(CC(=O)N/N=C\c2ccc(C(C)C)cc2)cs1. The minimum absolute atomic E-state index is 0.157. The molecular weight excluding hydrogens is 282 g/mol. The molecule has 0 radical (unpaired) electrons. The molecule has 2 rings (SSSR count). The number of hydrogen-bond acceptors (Lipinski definition) is 4. The lowest BCUT2D eigenvalue weighted by Gasteiger charge is -2.04. The summed E-state index contributed by atoms with van der Waals surface area (Å²) >= 11 is 1.54. The second kappa shape index (κ2) is 7.13. The quantitative estimate of drug-likeness (QED) is 0.680. The van der Waals surface area contributed by atoms with E-state index in [2.05, 4.69) is 41.5 Å². The molecule has 0 spiro atoms. The highest BCUT2D eigenvalue weighted by atomic mass is 32.1. The van der Waals surface area contributed by atoms with Crippen LogP contribution in [0.3, 0.4) is 0 Å². The summed E-state index contributed by atoms with van der Waals surface area (Å²) in [7, 11) is 0. The molecule has 0 saturated carbocycles. The van der Waals surface area contributed by atoms with E-state index >= 15 is 0 Å². The second-order valence-electron chi connectivity index (χ2n) is 5.15. The number of carbonyl (C=O) groups is 1. The molecule has 110 valence electrons. The Bertz CT molecular complexity index is 629. The van der Waals surface area contributed by atoms with Crippen LogP contribution in [-0.4, -0.2) is 17.1 Å². The zero-order valence-electron chi connectivity index (χ0n) is 12.5. The summed E-state index contributed by atoms with van der Waals surface area (Å²) in [6.45, 7) is 6.23. The van der Waals surface area contributed by atoms with Crippen LogP contribution in [0.25, 0.3) is 0 Å². The number of aromatic nitrogens is 1. The number of aryl methyl sites for hydroxylation is 1. The molecule has 1 N–H and O–H groups in total. The van der Waals surface area contributed by atoms with Crippen molar-refractivity contribution in [3.05, 3.63) is 51.5 Å². The summed E-state index contributed by atoms with van der Waals surface area (Å²) in [5, 5.41) is 6.83. The van der Waals surface area contributed by atoms with Crippen molar-refractivity contribution in [1.29, 1.82) is 0 Å². The first-order valence-corrected chi connectivity index (χ1v) is 7.75. The number of hydrazone groups is 1. The van der Waals surface area contributed by atoms with Crippen LogP contribution in [0.2, 0.25) is 0 Å². The van der Waals surface area contributed by atoms with Crippen LogP contribution in [0.4, 0.5) is 0 Å². The fourth-order valence-corrected chi connectivity index (χ4v) is 2.45. The van der Waals surface area contributed by atoms with E-state index in [0.717, 1.165) is 16.3 Å². The summed E-state index contributed by atoms with van der Waals surface area (Å²) in [6.07, 6.45) is 1.91. The lowest BCUT2D eigenvalue weighted by molar-refractivity contribution is -0.120. The summed E-state index contributed by atoms with van der Waals surface area (Å²) in [5.74, 6) is 0.354. The molecule has 0 aliphatic rings. The van der Waals surface area contributed by atoms with Crippen molar-refractivity contribution in [3.8, 4) is 0 Å². The van der Waals surface area contributed by atoms with Gasteiger partial charge < -0.3 is 0 Å². The molecule has 21 heavy (non-hydrogen) atoms. The van der Waals surface area contributed by atoms with Gasteiger partial charge in [-0.05, 0) is 24.0 Å². The van der Waals surface area contributed by atoms with Gasteiger partial charge in [0, 0.05) is 5.38 Å². The zero-order chi connectivity index (χ0) is 15.2. The lowest BCUT2D eigenvalue weighted by Crippen LogP contribution is -2.19. The van der Waals surface area contributed by atoms with Crippen LogP contribution >= 0.6 is 11.3 Å². The van der Waals surface area contributed by atoms with Crippen molar-refractivity contribution in [2.45, 2.75) is 33.1 Å². The molecule has 0 bridgehead atoms. The predicted molar refractivity (Wildman–Crippen MR) is 86.8 cm³/mol. The van der Waals surface area contributed by atoms with Gasteiger partial charge >= 0.3 is 0 Å². The van der Waals surface area contributed by atoms with Crippen molar-refractivity contribution < 1.29 is 4.79 Å². The molecule has 5 heteroatoms. The first-order chi connectivity index (χ1) is 10.0. The van der Waals surface area contributed by atoms with Crippen LogP contribution in [0, 0.1) is 6.92 Å². The van der Waals surface area contributed by atoms with Gasteiger partial charge in [0.15, 0.2) is 0 Å². The van der Waals surface area contributed by atoms with E-state index in [4.69, 9.17) is 0 Å². The third-order valence-electron chi connectivity index (χ3n) is 3.01. The molecule has 1 amide bonds. The molecule has 2 aromatic rings. The van der Waals surface area contributed by atoms with Gasteiger partial charge in [-0.25, -0.2) is 10.4 Å². The average molecular weight is 301 g/mol. The molecule has 0 fully saturated rings. The molecule has 0 aliphatic heterocycles. The Kier molecular flexibility index (Phi) is 5.22. The Morgan fingerprint density at radius 3 is 2.67 bits per heavy atom. The molecule has 0 atom stereocenters. The number of rotatable bonds is 5. The van der Waals surface area contributed by atoms with Gasteiger partial charge in [-0.1, -0.05) is 38.1 Å². The van der Waals surface area contributed by atoms with Gasteiger partial charge in [0.05, 0.1) is 23.3 Å². The number of benzene rings is 1. The van der Waals surface area contributed by atoms with Crippen LogP contribution < -0.4 is 5.43 Å². The smallest absolute Gasteiger partial charge is 0.246 e. The summed E-state index contributed by atoms with van der Waals surface area (Å²) in [4.78, 5) is 15.9. The summed E-state index contributed by atoms with van der Waals surface area (Å²) in [6, 6.07) is 8.14. The van der Waals surface area contributed by atoms with E-state index in [1.165, 1.54) is 5.56 Å². The maximum absolute atomic E-state index is 11.7. The van der Waals surface area contributed by atoms with Crippen molar-refractivity contribution >= 4 is 23.5 Å². The Labute approximate surface area is 128 Å². The monoisotopic (exact) mass is 301 g/mol. The number of nitrogens with one attached hydrogen (secondary N) is 1. The van der Waals surface area contributed by atoms with E-state index in [0.29, 0.717) is 5.92 Å². The zero-order valence-corrected chi connectivity index (χ0v) is 13.3. The van der Waals surface area contributed by atoms with Gasteiger partial charge in [-0.3, -0.25) is 4.79 Å². The fraction of sp³-hybridized carbons (Fsp3) is 0.312. The molecule has 1 heterocycles. The molecule has 0 unspecified atom stereocenters. The van der Waals surface area contributed by atoms with Gasteiger partial charge in [0.25, 0.3) is 0 Å². The standard InChI is InChI=1S/C16H19N3OS/c1-11(2)14-6-4-13(5-7-14)9-17-19-16(20)8-15-10-21-12(3)18-15/h4-7,9-11H,8H2,1-3H3,(H,19,20)/b17-9-. The number of carbonyl (C=O) groups excluding carboxylic acids is 1. The Hall–Kier alpha value is -2.01. The molecule has 1 aromatic carbocycles. The minimum Gasteiger partial charge on any atom is -0.273 e. The largest absolute Gasteiger partial charge is 0.273 e. The first-order valence-electron chi connectivity index (χ1n) is 6.87. The number of thiazole rings is 1. The highest BCUT2D eigenvalue weighted by molar-refractivity contribution is 7.09. The number of hydrogen-bond donors (Lipinski definition) is 1. The Morgan fingerprint density at radius 2 is 2.10 bits per heavy atom. The van der Waals surface area contributed by atoms with Crippen molar-refractivity contribution in [1.82, 2.24) is 10.4 Å². The van der Waals surface area contributed by atoms with Gasteiger partial charge in [-0.15, -0.1) is 11.3 Å². The lowest BCUT2D eigenvalue weighted by atomic mass is 10.0. The number of nitrogens with zero attached hydrogens (tertiary/aromatic N) is 2. The summed E-state index contributed by atoms with van der Waals surface area (Å²) < 4.78 is 0. The van der Waals surface area contributed by atoms with Crippen molar-refractivity contribution in [2.24, 2.45) is 5.10 Å². The molecule has 0 aliphatic carbocycles. The molecule has 4 nitrogen and oxygen atoms in total. The van der Waals surface area contributed by atoms with Gasteiger partial charge in [0.1, 0.15) is 0 Å². The highest BCUT2D eigenvalue weighted by Crippen LogP contribution is 2.13. The van der Waals surface area contributed by atoms with E-state index in [1.807, 2.05) is 24.4 Å².